The number of amides is 3. The molecule has 1 aromatic rings. The molecule has 7 atom stereocenters. The zero-order valence-electron chi connectivity index (χ0n) is 15.8. The molecular formula is C21H18ClF3N2O3. The van der Waals surface area contributed by atoms with E-state index in [0.29, 0.717) is 11.8 Å². The van der Waals surface area contributed by atoms with Crippen LogP contribution in [-0.4, -0.2) is 28.7 Å². The third kappa shape index (κ3) is 2.72. The fourth-order valence-electron chi connectivity index (χ4n) is 5.51. The lowest BCUT2D eigenvalue weighted by molar-refractivity contribution is -0.146. The Labute approximate surface area is 175 Å². The molecule has 5 aliphatic rings. The van der Waals surface area contributed by atoms with Crippen molar-refractivity contribution in [2.75, 3.05) is 5.32 Å². The third-order valence-corrected chi connectivity index (χ3v) is 7.34. The molecule has 9 heteroatoms. The molecule has 1 heterocycles. The number of allylic oxidation sites excluding steroid dienone is 2. The minimum atomic E-state index is -4.60. The number of nitrogens with zero attached hydrogens (tertiary/aromatic N) is 1. The van der Waals surface area contributed by atoms with E-state index in [0.717, 1.165) is 29.5 Å². The first-order chi connectivity index (χ1) is 14.1. The van der Waals surface area contributed by atoms with E-state index in [-0.39, 0.29) is 34.4 Å². The van der Waals surface area contributed by atoms with E-state index in [1.54, 1.807) is 0 Å². The average molecular weight is 439 g/mol. The van der Waals surface area contributed by atoms with Crippen LogP contribution in [0.15, 0.2) is 30.4 Å². The predicted molar refractivity (Wildman–Crippen MR) is 101 cm³/mol. The van der Waals surface area contributed by atoms with E-state index in [1.165, 1.54) is 6.92 Å². The van der Waals surface area contributed by atoms with Gasteiger partial charge < -0.3 is 5.32 Å². The molecule has 1 saturated heterocycles. The van der Waals surface area contributed by atoms with Crippen LogP contribution in [0.25, 0.3) is 0 Å². The largest absolute Gasteiger partial charge is 0.416 e. The Morgan fingerprint density at radius 1 is 1.13 bits per heavy atom. The molecule has 1 aromatic carbocycles. The maximum Gasteiger partial charge on any atom is 0.416 e. The molecule has 158 valence electrons. The number of carbonyl (C=O) groups is 3. The number of rotatable bonds is 3. The van der Waals surface area contributed by atoms with Crippen LogP contribution in [0.4, 0.5) is 18.9 Å². The highest BCUT2D eigenvalue weighted by Gasteiger charge is 2.67. The SMILES string of the molecule is C[C@H](C(=O)Nc1cc(C(F)(F)F)ccc1Cl)N1C(=O)[C@@H]2[C@H]3C=C[C@@H]([C@@H]4C[C@H]34)[C@H]2C1=O. The Bertz CT molecular complexity index is 972. The van der Waals surface area contributed by atoms with Gasteiger partial charge in [-0.25, -0.2) is 0 Å². The number of benzene rings is 1. The summed E-state index contributed by atoms with van der Waals surface area (Å²) in [6.07, 6.45) is 0.489. The van der Waals surface area contributed by atoms with Gasteiger partial charge in [0.05, 0.1) is 28.1 Å². The first kappa shape index (κ1) is 19.6. The van der Waals surface area contributed by atoms with Crippen LogP contribution in [0.3, 0.4) is 0 Å². The summed E-state index contributed by atoms with van der Waals surface area (Å²) in [5.74, 6) is -1.45. The summed E-state index contributed by atoms with van der Waals surface area (Å²) in [4.78, 5) is 39.9. The summed E-state index contributed by atoms with van der Waals surface area (Å²) in [7, 11) is 0. The molecular weight excluding hydrogens is 421 g/mol. The van der Waals surface area contributed by atoms with Crippen molar-refractivity contribution in [3.8, 4) is 0 Å². The summed E-state index contributed by atoms with van der Waals surface area (Å²) in [5.41, 5.74) is -1.18. The van der Waals surface area contributed by atoms with E-state index >= 15 is 0 Å². The second-order valence-electron chi connectivity index (χ2n) is 8.56. The Morgan fingerprint density at radius 3 is 2.23 bits per heavy atom. The lowest BCUT2D eigenvalue weighted by Gasteiger charge is -2.37. The number of likely N-dealkylation sites (tertiary alicyclic amines) is 1. The topological polar surface area (TPSA) is 66.5 Å². The van der Waals surface area contributed by atoms with Crippen molar-refractivity contribution in [1.82, 2.24) is 4.90 Å². The van der Waals surface area contributed by atoms with Crippen LogP contribution in [0.5, 0.6) is 0 Å². The van der Waals surface area contributed by atoms with Gasteiger partial charge in [-0.1, -0.05) is 23.8 Å². The lowest BCUT2D eigenvalue weighted by Crippen LogP contribution is -2.46. The molecule has 0 aromatic heterocycles. The van der Waals surface area contributed by atoms with E-state index in [2.05, 4.69) is 5.32 Å². The summed E-state index contributed by atoms with van der Waals surface area (Å²) in [5, 5.41) is 2.27. The van der Waals surface area contributed by atoms with Gasteiger partial charge in [0.15, 0.2) is 0 Å². The quantitative estimate of drug-likeness (QED) is 0.577. The van der Waals surface area contributed by atoms with Crippen molar-refractivity contribution in [2.24, 2.45) is 35.5 Å². The summed E-state index contributed by atoms with van der Waals surface area (Å²) < 4.78 is 38.9. The fourth-order valence-corrected chi connectivity index (χ4v) is 5.68. The number of halogens is 4. The van der Waals surface area contributed by atoms with Gasteiger partial charge in [0.2, 0.25) is 17.7 Å². The maximum absolute atomic E-state index is 13.1. The maximum atomic E-state index is 13.1. The minimum absolute atomic E-state index is 0.0274. The number of imide groups is 1. The smallest absolute Gasteiger partial charge is 0.323 e. The highest BCUT2D eigenvalue weighted by molar-refractivity contribution is 6.33. The van der Waals surface area contributed by atoms with Crippen molar-refractivity contribution in [2.45, 2.75) is 25.6 Å². The Morgan fingerprint density at radius 2 is 1.70 bits per heavy atom. The van der Waals surface area contributed by atoms with Gasteiger partial charge in [-0.2, -0.15) is 13.2 Å². The van der Waals surface area contributed by atoms with Crippen molar-refractivity contribution >= 4 is 35.0 Å². The zero-order chi connectivity index (χ0) is 21.5. The van der Waals surface area contributed by atoms with Crippen LogP contribution in [0.1, 0.15) is 18.9 Å². The Balaban J connectivity index is 1.37. The first-order valence-electron chi connectivity index (χ1n) is 9.82. The van der Waals surface area contributed by atoms with Gasteiger partial charge in [-0.15, -0.1) is 0 Å². The molecule has 1 aliphatic heterocycles. The monoisotopic (exact) mass is 438 g/mol. The third-order valence-electron chi connectivity index (χ3n) is 7.02. The normalized spacial score (nSPS) is 34.6. The van der Waals surface area contributed by atoms with E-state index in [1.807, 2.05) is 12.2 Å². The molecule has 0 unspecified atom stereocenters. The van der Waals surface area contributed by atoms with E-state index in [9.17, 15) is 27.6 Å². The molecule has 5 nitrogen and oxygen atoms in total. The first-order valence-corrected chi connectivity index (χ1v) is 10.2. The molecule has 3 fully saturated rings. The predicted octanol–water partition coefficient (Wildman–Crippen LogP) is 3.74. The fraction of sp³-hybridized carbons (Fsp3) is 0.476. The summed E-state index contributed by atoms with van der Waals surface area (Å²) in [6, 6.07) is 1.43. The molecule has 6 rings (SSSR count). The van der Waals surface area contributed by atoms with Crippen molar-refractivity contribution in [3.63, 3.8) is 0 Å². The van der Waals surface area contributed by atoms with Crippen LogP contribution in [-0.2, 0) is 20.6 Å². The number of carbonyl (C=O) groups excluding carboxylic acids is 3. The van der Waals surface area contributed by atoms with Gasteiger partial charge in [0.25, 0.3) is 0 Å². The standard InChI is InChI=1S/C21H18ClF3N2O3/c1-8(18(28)26-15-6-9(21(23,24)25)2-5-14(15)22)27-19(29)16-10-3-4-11(13-7-12(10)13)17(16)20(27)30/h2-6,8,10-13,16-17H,7H2,1H3,(H,26,28)/t8-,10+,11+,12-,13+,16-,17-/m1/s1. The molecule has 2 bridgehead atoms. The van der Waals surface area contributed by atoms with E-state index < -0.39 is 35.5 Å². The molecule has 2 saturated carbocycles. The van der Waals surface area contributed by atoms with Gasteiger partial charge in [0.1, 0.15) is 6.04 Å². The zero-order valence-corrected chi connectivity index (χ0v) is 16.6. The van der Waals surface area contributed by atoms with Crippen molar-refractivity contribution < 1.29 is 27.6 Å². The van der Waals surface area contributed by atoms with Crippen LogP contribution in [0, 0.1) is 35.5 Å². The van der Waals surface area contributed by atoms with Crippen LogP contribution >= 0.6 is 11.6 Å². The average Bonchev–Trinajstić information content (AvgIpc) is 3.46. The van der Waals surface area contributed by atoms with Gasteiger partial charge in [-0.3, -0.25) is 19.3 Å². The number of alkyl halides is 3. The van der Waals surface area contributed by atoms with Gasteiger partial charge >= 0.3 is 6.18 Å². The molecule has 1 N–H and O–H groups in total. The van der Waals surface area contributed by atoms with Gasteiger partial charge in [-0.05, 0) is 55.2 Å². The van der Waals surface area contributed by atoms with Crippen molar-refractivity contribution in [1.29, 1.82) is 0 Å². The molecule has 0 radical (unpaired) electrons. The molecule has 30 heavy (non-hydrogen) atoms. The van der Waals surface area contributed by atoms with Crippen LogP contribution in [0.2, 0.25) is 5.02 Å². The number of hydrogen-bond donors (Lipinski definition) is 1. The van der Waals surface area contributed by atoms with Crippen molar-refractivity contribution in [3.05, 3.63) is 40.9 Å². The highest BCUT2D eigenvalue weighted by Crippen LogP contribution is 2.65. The minimum Gasteiger partial charge on any atom is -0.323 e. The molecule has 0 spiro atoms. The Hall–Kier alpha value is -2.35. The highest BCUT2D eigenvalue weighted by atomic mass is 35.5. The second-order valence-corrected chi connectivity index (χ2v) is 8.97. The second kappa shape index (κ2) is 6.33. The Kier molecular flexibility index (Phi) is 4.13. The number of hydrogen-bond acceptors (Lipinski definition) is 3. The van der Waals surface area contributed by atoms with Gasteiger partial charge in [0, 0.05) is 0 Å². The molecule has 4 aliphatic carbocycles. The lowest BCUT2D eigenvalue weighted by atomic mass is 9.63. The van der Waals surface area contributed by atoms with E-state index in [4.69, 9.17) is 11.6 Å². The van der Waals surface area contributed by atoms with Crippen LogP contribution < -0.4 is 5.32 Å². The summed E-state index contributed by atoms with van der Waals surface area (Å²) >= 11 is 5.94. The molecule has 3 amide bonds. The number of anilines is 1. The number of nitrogens with one attached hydrogen (secondary N) is 1. The summed E-state index contributed by atoms with van der Waals surface area (Å²) in [6.45, 7) is 1.40.